The Morgan fingerprint density at radius 1 is 0.677 bits per heavy atom. The summed E-state index contributed by atoms with van der Waals surface area (Å²) < 4.78 is 71.6. The number of nitrogens with zero attached hydrogens (tertiary/aromatic N) is 2. The average Bonchev–Trinajstić information content (AvgIpc) is 3.24. The molecule has 2 aliphatic rings. The fraction of sp³-hybridized carbons (Fsp3) is 0.122. The molecule has 0 aromatic heterocycles. The van der Waals surface area contributed by atoms with Crippen molar-refractivity contribution >= 4 is 72.8 Å². The van der Waals surface area contributed by atoms with Crippen LogP contribution < -0.4 is 66.2 Å². The summed E-state index contributed by atoms with van der Waals surface area (Å²) >= 11 is 0.942. The minimum absolute atomic E-state index is 0. The van der Waals surface area contributed by atoms with Crippen molar-refractivity contribution in [3.05, 3.63) is 179 Å². The molecule has 1 heterocycles. The molecule has 1 atom stereocenters. The fourth-order valence-electron chi connectivity index (χ4n) is 7.90. The number of para-hydroxylation sites is 1. The second-order valence-electron chi connectivity index (χ2n) is 14.7. The van der Waals surface area contributed by atoms with Crippen LogP contribution >= 0.6 is 23.5 Å². The number of hydrogen-bond acceptors (Lipinski definition) is 9. The molecule has 0 saturated heterocycles. The third-order valence-electron chi connectivity index (χ3n) is 10.6. The van der Waals surface area contributed by atoms with E-state index in [1.54, 1.807) is 53.9 Å². The monoisotopic (exact) mass is 920 g/mol. The zero-order valence-electron chi connectivity index (χ0n) is 34.8. The third-order valence-corrected chi connectivity index (χ3v) is 14.1. The van der Waals surface area contributed by atoms with Gasteiger partial charge in [-0.05, 0) is 111 Å². The maximum Gasteiger partial charge on any atom is 1.00 e. The summed E-state index contributed by atoms with van der Waals surface area (Å²) in [7, 11) is -4.88. The molecule has 1 unspecified atom stereocenters. The van der Waals surface area contributed by atoms with Gasteiger partial charge in [-0.3, -0.25) is 4.21 Å². The molecule has 8 nitrogen and oxygen atoms in total. The van der Waals surface area contributed by atoms with E-state index in [4.69, 9.17) is 4.42 Å². The number of fused-ring (bicyclic) bond motifs is 2. The Morgan fingerprint density at radius 3 is 1.92 bits per heavy atom. The molecule has 0 bridgehead atoms. The van der Waals surface area contributed by atoms with Crippen LogP contribution in [0.1, 0.15) is 22.3 Å². The van der Waals surface area contributed by atoms with Crippen molar-refractivity contribution in [3.8, 4) is 22.5 Å². The number of anilines is 2. The van der Waals surface area contributed by atoms with Gasteiger partial charge in [0.1, 0.15) is 21.5 Å². The smallest absolute Gasteiger partial charge is 0.768 e. The van der Waals surface area contributed by atoms with E-state index in [2.05, 4.69) is 47.6 Å². The summed E-state index contributed by atoms with van der Waals surface area (Å²) in [6.45, 7) is 7.99. The largest absolute Gasteiger partial charge is 1.00 e. The van der Waals surface area contributed by atoms with Crippen molar-refractivity contribution in [3.63, 3.8) is 0 Å². The molecular formula is C49H41KN2O6S4. The van der Waals surface area contributed by atoms with Crippen LogP contribution in [-0.2, 0) is 21.2 Å². The molecule has 1 aliphatic heterocycles. The molecule has 0 fully saturated rings. The Kier molecular flexibility index (Phi) is 14.8. The maximum atomic E-state index is 12.8. The van der Waals surface area contributed by atoms with Crippen LogP contribution in [-0.4, -0.2) is 33.5 Å². The van der Waals surface area contributed by atoms with Gasteiger partial charge < -0.3 is 18.4 Å². The molecule has 1 aliphatic carbocycles. The van der Waals surface area contributed by atoms with Gasteiger partial charge in [-0.25, -0.2) is 8.42 Å². The van der Waals surface area contributed by atoms with Crippen LogP contribution in [0.2, 0.25) is 0 Å². The number of aryl methyl sites for hydroxylation is 4. The first-order valence-corrected chi connectivity index (χ1v) is 23.9. The van der Waals surface area contributed by atoms with Crippen molar-refractivity contribution in [1.29, 1.82) is 0 Å². The second kappa shape index (κ2) is 19.9. The van der Waals surface area contributed by atoms with E-state index in [1.165, 1.54) is 6.07 Å². The van der Waals surface area contributed by atoms with Crippen molar-refractivity contribution < 1.29 is 77.5 Å². The standard InChI is InChI=1S/C49H42N2O6S4.K/c1-32-14-13-15-33(2)48(32)50(30-58-38-16-7-5-8-17-38)36-22-24-41-44(28-36)57-45-29-37(23-25-42(45)47(41)43-20-11-12-21-46(43)61(54,55)56)51(31-59-39-18-9-6-10-19-39)49-34(3)26-40(60(52)53)27-35(49)4;/h5-29H,30-31H2,1-4H3,(H-,52,53,54,55,56);/q;+1/p-1. The predicted octanol–water partition coefficient (Wildman–Crippen LogP) is 8.33. The number of rotatable bonds is 12. The Bertz CT molecular complexity index is 3060. The molecule has 0 amide bonds. The summed E-state index contributed by atoms with van der Waals surface area (Å²) in [5.41, 5.74) is 8.52. The van der Waals surface area contributed by atoms with Crippen molar-refractivity contribution in [2.24, 2.45) is 0 Å². The fourth-order valence-corrected chi connectivity index (χ4v) is 10.9. The summed E-state index contributed by atoms with van der Waals surface area (Å²) in [5, 5.41) is 1.41. The van der Waals surface area contributed by atoms with Crippen LogP contribution in [0, 0.1) is 27.7 Å². The molecule has 308 valence electrons. The minimum Gasteiger partial charge on any atom is -0.768 e. The second-order valence-corrected chi connectivity index (χ2v) is 19.0. The predicted molar refractivity (Wildman–Crippen MR) is 247 cm³/mol. The van der Waals surface area contributed by atoms with Crippen LogP contribution in [0.15, 0.2) is 176 Å². The molecule has 0 N–H and O–H groups in total. The Morgan fingerprint density at radius 2 is 1.29 bits per heavy atom. The van der Waals surface area contributed by atoms with Crippen molar-refractivity contribution in [1.82, 2.24) is 4.58 Å². The number of thioether (sulfide) groups is 2. The van der Waals surface area contributed by atoms with Gasteiger partial charge in [0.05, 0.1) is 16.8 Å². The molecule has 0 spiro atoms. The van der Waals surface area contributed by atoms with Crippen molar-refractivity contribution in [2.45, 2.75) is 47.3 Å². The van der Waals surface area contributed by atoms with Crippen LogP contribution in [0.5, 0.6) is 0 Å². The van der Waals surface area contributed by atoms with Crippen LogP contribution in [0.4, 0.5) is 17.1 Å². The van der Waals surface area contributed by atoms with E-state index in [1.807, 2.05) is 105 Å². The van der Waals surface area contributed by atoms with E-state index >= 15 is 0 Å². The van der Waals surface area contributed by atoms with Gasteiger partial charge >= 0.3 is 51.4 Å². The van der Waals surface area contributed by atoms with Gasteiger partial charge in [0, 0.05) is 71.4 Å². The molecule has 0 saturated carbocycles. The number of hydrogen-bond donors (Lipinski definition) is 0. The first kappa shape index (κ1) is 46.2. The van der Waals surface area contributed by atoms with Gasteiger partial charge in [0.25, 0.3) is 0 Å². The van der Waals surface area contributed by atoms with Crippen molar-refractivity contribution in [2.75, 3.05) is 16.7 Å². The van der Waals surface area contributed by atoms with Crippen LogP contribution in [0.25, 0.3) is 33.4 Å². The van der Waals surface area contributed by atoms with Crippen LogP contribution in [0.3, 0.4) is 0 Å². The van der Waals surface area contributed by atoms with Gasteiger partial charge in [0.15, 0.2) is 5.88 Å². The Labute approximate surface area is 415 Å². The molecular weight excluding hydrogens is 880 g/mol. The molecule has 8 rings (SSSR count). The van der Waals surface area contributed by atoms with Gasteiger partial charge in [-0.15, -0.1) is 11.8 Å². The van der Waals surface area contributed by atoms with Gasteiger partial charge in [-0.2, -0.15) is 4.58 Å². The van der Waals surface area contributed by atoms with E-state index in [0.717, 1.165) is 54.5 Å². The zero-order valence-corrected chi connectivity index (χ0v) is 41.2. The zero-order chi connectivity index (χ0) is 42.8. The third kappa shape index (κ3) is 9.94. The summed E-state index contributed by atoms with van der Waals surface area (Å²) in [6, 6.07) is 47.8. The Balaban J connectivity index is 0.00000578. The molecule has 0 radical (unpaired) electrons. The summed E-state index contributed by atoms with van der Waals surface area (Å²) in [5.74, 6) is 1.53. The first-order chi connectivity index (χ1) is 29.4. The molecule has 62 heavy (non-hydrogen) atoms. The number of benzene rings is 7. The normalized spacial score (nSPS) is 12.5. The first-order valence-electron chi connectivity index (χ1n) is 19.4. The van der Waals surface area contributed by atoms with Gasteiger partial charge in [-0.1, -0.05) is 84.6 Å². The molecule has 13 heteroatoms. The van der Waals surface area contributed by atoms with Gasteiger partial charge in [0.2, 0.25) is 11.0 Å². The average molecular weight is 921 g/mol. The van der Waals surface area contributed by atoms with E-state index < -0.39 is 21.2 Å². The minimum atomic E-state index is -4.88. The van der Waals surface area contributed by atoms with E-state index in [9.17, 15) is 21.7 Å². The quantitative estimate of drug-likeness (QED) is 0.0227. The molecule has 6 aromatic rings. The SMILES string of the molecule is Cc1cccc(C)c1N(CSc1ccccc1)c1ccc2c(-c3ccccc3S(=O)(=O)[O-])c3cc/c(=[N+](/CSc4ccccc4)c4c(C)cc(S(=O)[O-])cc4C)cc-3oc2c1.[K+]. The van der Waals surface area contributed by atoms with E-state index in [0.29, 0.717) is 39.6 Å². The molecule has 6 aromatic carbocycles. The van der Waals surface area contributed by atoms with E-state index in [-0.39, 0.29) is 66.7 Å². The topological polar surface area (TPSA) is 117 Å². The Hall–Kier alpha value is -3.83. The maximum absolute atomic E-state index is 12.8. The summed E-state index contributed by atoms with van der Waals surface area (Å²) in [6.07, 6.45) is 0. The summed E-state index contributed by atoms with van der Waals surface area (Å²) in [4.78, 5) is 4.33.